The molecule has 0 saturated heterocycles. The molecule has 3 heterocycles. The summed E-state index contributed by atoms with van der Waals surface area (Å²) in [5.74, 6) is 0.214. The molecule has 1 saturated carbocycles. The van der Waals surface area contributed by atoms with Crippen LogP contribution in [-0.4, -0.2) is 23.1 Å². The van der Waals surface area contributed by atoms with E-state index in [1.165, 1.54) is 0 Å². The first-order valence-electron chi connectivity index (χ1n) is 12.6. The van der Waals surface area contributed by atoms with Crippen LogP contribution in [0.15, 0.2) is 59.3 Å². The molecular weight excluding hydrogens is 454 g/mol. The Morgan fingerprint density at radius 1 is 1.06 bits per heavy atom. The second-order valence-electron chi connectivity index (χ2n) is 10.1. The van der Waals surface area contributed by atoms with Crippen LogP contribution in [0.2, 0.25) is 0 Å². The zero-order valence-electron chi connectivity index (χ0n) is 20.5. The number of carbonyl (C=O) groups is 2. The van der Waals surface area contributed by atoms with Gasteiger partial charge in [-0.2, -0.15) is 0 Å². The molecule has 0 radical (unpaired) electrons. The van der Waals surface area contributed by atoms with Gasteiger partial charge >= 0.3 is 5.97 Å². The number of anilines is 2. The molecule has 184 valence electrons. The van der Waals surface area contributed by atoms with Gasteiger partial charge in [0.05, 0.1) is 16.9 Å². The number of ether oxygens (including phenoxy) is 1. The van der Waals surface area contributed by atoms with Crippen LogP contribution in [0.1, 0.15) is 55.5 Å². The summed E-state index contributed by atoms with van der Waals surface area (Å²) >= 11 is 0. The van der Waals surface area contributed by atoms with Gasteiger partial charge in [0, 0.05) is 35.6 Å². The average Bonchev–Trinajstić information content (AvgIpc) is 3.24. The van der Waals surface area contributed by atoms with Crippen LogP contribution in [0.5, 0.6) is 0 Å². The van der Waals surface area contributed by atoms with Gasteiger partial charge in [0.2, 0.25) is 5.91 Å². The van der Waals surface area contributed by atoms with E-state index < -0.39 is 12.2 Å². The number of esters is 1. The van der Waals surface area contributed by atoms with Gasteiger partial charge in [-0.25, -0.2) is 4.79 Å². The molecule has 0 bridgehead atoms. The minimum absolute atomic E-state index is 0.0386. The highest BCUT2D eigenvalue weighted by atomic mass is 16.6. The van der Waals surface area contributed by atoms with E-state index >= 15 is 0 Å². The first-order chi connectivity index (χ1) is 17.5. The van der Waals surface area contributed by atoms with Crippen molar-refractivity contribution in [3.8, 4) is 0 Å². The van der Waals surface area contributed by atoms with Crippen molar-refractivity contribution >= 4 is 45.2 Å². The number of aromatic nitrogens is 1. The maximum Gasteiger partial charge on any atom is 0.342 e. The Morgan fingerprint density at radius 2 is 1.86 bits per heavy atom. The lowest BCUT2D eigenvalue weighted by Crippen LogP contribution is -2.48. The van der Waals surface area contributed by atoms with Crippen LogP contribution in [0.3, 0.4) is 0 Å². The first kappa shape index (κ1) is 22.6. The quantitative estimate of drug-likeness (QED) is 0.345. The Bertz CT molecular complexity index is 1450. The number of furan rings is 1. The molecule has 2 aliphatic rings. The second kappa shape index (κ2) is 8.97. The summed E-state index contributed by atoms with van der Waals surface area (Å²) in [5, 5.41) is 5.21. The molecule has 4 aromatic rings. The van der Waals surface area contributed by atoms with Gasteiger partial charge in [-0.05, 0) is 80.5 Å². The molecule has 1 N–H and O–H groups in total. The van der Waals surface area contributed by atoms with Crippen molar-refractivity contribution in [1.82, 2.24) is 4.98 Å². The average molecular weight is 484 g/mol. The van der Waals surface area contributed by atoms with Crippen molar-refractivity contribution in [3.05, 3.63) is 66.0 Å². The third-order valence-electron chi connectivity index (χ3n) is 7.53. The Balaban J connectivity index is 1.38. The number of rotatable bonds is 4. The fourth-order valence-corrected chi connectivity index (χ4v) is 5.47. The molecule has 1 fully saturated rings. The minimum Gasteiger partial charge on any atom is -0.456 e. The molecular formula is C29H29N3O4. The van der Waals surface area contributed by atoms with E-state index in [4.69, 9.17) is 9.15 Å². The van der Waals surface area contributed by atoms with E-state index in [-0.39, 0.29) is 11.8 Å². The van der Waals surface area contributed by atoms with Crippen LogP contribution in [0.4, 0.5) is 11.4 Å². The highest BCUT2D eigenvalue weighted by Gasteiger charge is 2.38. The number of carbonyl (C=O) groups excluding carboxylic acids is 2. The van der Waals surface area contributed by atoms with E-state index in [0.717, 1.165) is 53.3 Å². The number of cyclic esters (lactones) is 1. The maximum atomic E-state index is 13.6. The van der Waals surface area contributed by atoms with Crippen LogP contribution in [0.25, 0.3) is 21.9 Å². The zero-order chi connectivity index (χ0) is 24.8. The molecule has 6 rings (SSSR count). The molecule has 1 unspecified atom stereocenters. The van der Waals surface area contributed by atoms with Gasteiger partial charge < -0.3 is 14.5 Å². The summed E-state index contributed by atoms with van der Waals surface area (Å²) in [6.07, 6.45) is 6.73. The van der Waals surface area contributed by atoms with Crippen molar-refractivity contribution in [2.45, 2.75) is 52.3 Å². The van der Waals surface area contributed by atoms with Gasteiger partial charge in [-0.3, -0.25) is 14.7 Å². The largest absolute Gasteiger partial charge is 0.456 e. The van der Waals surface area contributed by atoms with Crippen molar-refractivity contribution in [2.75, 3.05) is 10.2 Å². The Kier molecular flexibility index (Phi) is 5.63. The Morgan fingerprint density at radius 3 is 2.64 bits per heavy atom. The summed E-state index contributed by atoms with van der Waals surface area (Å²) in [5.41, 5.74) is 4.35. The molecule has 36 heavy (non-hydrogen) atoms. The molecule has 2 aromatic heterocycles. The summed E-state index contributed by atoms with van der Waals surface area (Å²) < 4.78 is 11.7. The van der Waals surface area contributed by atoms with Crippen molar-refractivity contribution in [2.24, 2.45) is 11.8 Å². The Hall–Kier alpha value is -3.87. The van der Waals surface area contributed by atoms with Crippen LogP contribution >= 0.6 is 0 Å². The predicted molar refractivity (Wildman–Crippen MR) is 139 cm³/mol. The van der Waals surface area contributed by atoms with Crippen molar-refractivity contribution in [3.63, 3.8) is 0 Å². The van der Waals surface area contributed by atoms with E-state index in [1.54, 1.807) is 30.3 Å². The van der Waals surface area contributed by atoms with E-state index in [0.29, 0.717) is 29.3 Å². The molecule has 1 atom stereocenters. The number of nitrogens with one attached hydrogen (secondary N) is 1. The van der Waals surface area contributed by atoms with Gasteiger partial charge in [-0.15, -0.1) is 0 Å². The number of hydrogen-bond donors (Lipinski definition) is 1. The normalized spacial score (nSPS) is 21.9. The summed E-state index contributed by atoms with van der Waals surface area (Å²) in [4.78, 5) is 32.3. The van der Waals surface area contributed by atoms with Crippen molar-refractivity contribution < 1.29 is 18.7 Å². The molecule has 0 spiro atoms. The van der Waals surface area contributed by atoms with E-state index in [2.05, 4.69) is 23.3 Å². The molecule has 1 amide bonds. The second-order valence-corrected chi connectivity index (χ2v) is 10.1. The lowest BCUT2D eigenvalue weighted by molar-refractivity contribution is -0.125. The number of hydrogen-bond acceptors (Lipinski definition) is 6. The SMILES string of the molecule is CC1CCC(C(=O)N2c3cc4c(cc3C(=O)OC2C)oc2ccc(CNc3cccnc3)cc24)CC1. The lowest BCUT2D eigenvalue weighted by atomic mass is 9.82. The number of amides is 1. The third-order valence-corrected chi connectivity index (χ3v) is 7.53. The third kappa shape index (κ3) is 3.98. The number of nitrogens with zero attached hydrogens (tertiary/aromatic N) is 2. The number of benzene rings is 2. The summed E-state index contributed by atoms with van der Waals surface area (Å²) in [6, 6.07) is 13.6. The number of pyridine rings is 1. The highest BCUT2D eigenvalue weighted by Crippen LogP contribution is 2.40. The molecule has 2 aromatic carbocycles. The van der Waals surface area contributed by atoms with E-state index in [9.17, 15) is 9.59 Å². The minimum atomic E-state index is -0.647. The van der Waals surface area contributed by atoms with Crippen molar-refractivity contribution in [1.29, 1.82) is 0 Å². The van der Waals surface area contributed by atoms with Gasteiger partial charge in [0.25, 0.3) is 0 Å². The fourth-order valence-electron chi connectivity index (χ4n) is 5.47. The molecule has 7 heteroatoms. The molecule has 1 aliphatic carbocycles. The first-order valence-corrected chi connectivity index (χ1v) is 12.6. The lowest BCUT2D eigenvalue weighted by Gasteiger charge is -2.37. The van der Waals surface area contributed by atoms with Gasteiger partial charge in [0.15, 0.2) is 6.23 Å². The van der Waals surface area contributed by atoms with Crippen LogP contribution in [0, 0.1) is 11.8 Å². The van der Waals surface area contributed by atoms with Gasteiger partial charge in [0.1, 0.15) is 11.2 Å². The molecule has 7 nitrogen and oxygen atoms in total. The standard InChI is InChI=1S/C29H29N3O4/c1-17-5-8-20(9-6-17)28(33)32-18(2)35-29(34)24-14-27-23(13-25(24)32)22-12-19(7-10-26(22)36-27)15-31-21-4-3-11-30-16-21/h3-4,7,10-14,16-18,20,31H,5-6,8-9,15H2,1-2H3. The van der Waals surface area contributed by atoms with Crippen LogP contribution in [-0.2, 0) is 16.1 Å². The zero-order valence-corrected chi connectivity index (χ0v) is 20.5. The summed E-state index contributed by atoms with van der Waals surface area (Å²) in [6.45, 7) is 4.64. The predicted octanol–water partition coefficient (Wildman–Crippen LogP) is 6.27. The number of fused-ring (bicyclic) bond motifs is 4. The maximum absolute atomic E-state index is 13.6. The topological polar surface area (TPSA) is 84.7 Å². The molecule has 1 aliphatic heterocycles. The monoisotopic (exact) mass is 483 g/mol. The van der Waals surface area contributed by atoms with Crippen LogP contribution < -0.4 is 10.2 Å². The smallest absolute Gasteiger partial charge is 0.342 e. The van der Waals surface area contributed by atoms with Gasteiger partial charge in [-0.1, -0.05) is 13.0 Å². The highest BCUT2D eigenvalue weighted by molar-refractivity contribution is 6.13. The fraction of sp³-hybridized carbons (Fsp3) is 0.345. The summed E-state index contributed by atoms with van der Waals surface area (Å²) in [7, 11) is 0. The van der Waals surface area contributed by atoms with E-state index in [1.807, 2.05) is 30.3 Å². The Labute approximate surface area is 209 Å².